The van der Waals surface area contributed by atoms with Crippen LogP contribution in [0.1, 0.15) is 26.7 Å². The first-order valence-corrected chi connectivity index (χ1v) is 5.87. The zero-order valence-electron chi connectivity index (χ0n) is 11.0. The molecule has 0 spiro atoms. The Morgan fingerprint density at radius 1 is 1.19 bits per heavy atom. The van der Waals surface area contributed by atoms with Crippen LogP contribution in [0, 0.1) is 5.92 Å². The monoisotopic (exact) mass is 231 g/mol. The van der Waals surface area contributed by atoms with Crippen molar-refractivity contribution < 1.29 is 14.3 Å². The minimum absolute atomic E-state index is 0.197. The maximum absolute atomic E-state index is 11.9. The highest BCUT2D eigenvalue weighted by atomic mass is 16.5. The third-order valence-corrected chi connectivity index (χ3v) is 2.24. The summed E-state index contributed by atoms with van der Waals surface area (Å²) >= 11 is 0. The summed E-state index contributed by atoms with van der Waals surface area (Å²) in [4.78, 5) is 13.8. The highest BCUT2D eigenvalue weighted by Gasteiger charge is 2.13. The number of nitrogens with zero attached hydrogens (tertiary/aromatic N) is 1. The van der Waals surface area contributed by atoms with Crippen LogP contribution in [-0.4, -0.2) is 51.3 Å². The van der Waals surface area contributed by atoms with Crippen LogP contribution in [-0.2, 0) is 14.3 Å². The molecule has 0 heterocycles. The molecule has 0 unspecified atom stereocenters. The van der Waals surface area contributed by atoms with Crippen LogP contribution in [0.5, 0.6) is 0 Å². The number of carbonyl (C=O) groups excluding carboxylic acids is 1. The van der Waals surface area contributed by atoms with Gasteiger partial charge in [-0.3, -0.25) is 4.79 Å². The molecule has 96 valence electrons. The topological polar surface area (TPSA) is 38.8 Å². The van der Waals surface area contributed by atoms with Crippen LogP contribution in [0.2, 0.25) is 0 Å². The van der Waals surface area contributed by atoms with Gasteiger partial charge in [0.15, 0.2) is 0 Å². The molecule has 0 bridgehead atoms. The second-order valence-electron chi connectivity index (χ2n) is 4.32. The van der Waals surface area contributed by atoms with E-state index in [0.717, 1.165) is 13.0 Å². The molecule has 0 aliphatic carbocycles. The highest BCUT2D eigenvalue weighted by molar-refractivity contribution is 5.76. The van der Waals surface area contributed by atoms with Gasteiger partial charge in [-0.25, -0.2) is 0 Å². The Labute approximate surface area is 98.9 Å². The van der Waals surface area contributed by atoms with Crippen LogP contribution < -0.4 is 0 Å². The third kappa shape index (κ3) is 7.65. The summed E-state index contributed by atoms with van der Waals surface area (Å²) in [6.07, 6.45) is 1.35. The SMILES string of the molecule is COCCCC(=O)N(CCOC)CC(C)C. The summed E-state index contributed by atoms with van der Waals surface area (Å²) in [5.41, 5.74) is 0. The van der Waals surface area contributed by atoms with Gasteiger partial charge in [0.05, 0.1) is 6.61 Å². The smallest absolute Gasteiger partial charge is 0.222 e. The molecule has 4 nitrogen and oxygen atoms in total. The van der Waals surface area contributed by atoms with Gasteiger partial charge in [-0.15, -0.1) is 0 Å². The van der Waals surface area contributed by atoms with Gasteiger partial charge in [0, 0.05) is 40.3 Å². The normalized spacial score (nSPS) is 10.8. The molecular formula is C12H25NO3. The molecule has 0 saturated carbocycles. The lowest BCUT2D eigenvalue weighted by molar-refractivity contribution is -0.132. The molecule has 0 saturated heterocycles. The molecule has 0 aromatic rings. The Morgan fingerprint density at radius 2 is 1.81 bits per heavy atom. The quantitative estimate of drug-likeness (QED) is 0.565. The van der Waals surface area contributed by atoms with Gasteiger partial charge in [-0.1, -0.05) is 13.8 Å². The Morgan fingerprint density at radius 3 is 2.31 bits per heavy atom. The fourth-order valence-corrected chi connectivity index (χ4v) is 1.49. The van der Waals surface area contributed by atoms with Gasteiger partial charge in [-0.05, 0) is 12.3 Å². The van der Waals surface area contributed by atoms with E-state index in [1.807, 2.05) is 4.90 Å². The average molecular weight is 231 g/mol. The van der Waals surface area contributed by atoms with Crippen molar-refractivity contribution >= 4 is 5.91 Å². The van der Waals surface area contributed by atoms with Gasteiger partial charge in [0.2, 0.25) is 5.91 Å². The van der Waals surface area contributed by atoms with E-state index in [0.29, 0.717) is 32.1 Å². The molecule has 0 atom stereocenters. The lowest BCUT2D eigenvalue weighted by atomic mass is 10.2. The number of hydrogen-bond acceptors (Lipinski definition) is 3. The number of amides is 1. The molecule has 1 amide bonds. The number of hydrogen-bond donors (Lipinski definition) is 0. The molecule has 0 aliphatic rings. The predicted molar refractivity (Wildman–Crippen MR) is 64.4 cm³/mol. The first-order chi connectivity index (χ1) is 7.61. The molecule has 0 aromatic carbocycles. The Balaban J connectivity index is 3.99. The number of carbonyl (C=O) groups is 1. The largest absolute Gasteiger partial charge is 0.385 e. The van der Waals surface area contributed by atoms with E-state index < -0.39 is 0 Å². The van der Waals surface area contributed by atoms with Crippen LogP contribution in [0.4, 0.5) is 0 Å². The van der Waals surface area contributed by atoms with Crippen LogP contribution in [0.25, 0.3) is 0 Å². The fourth-order valence-electron chi connectivity index (χ4n) is 1.49. The maximum atomic E-state index is 11.9. The van der Waals surface area contributed by atoms with Crippen molar-refractivity contribution in [3.8, 4) is 0 Å². The van der Waals surface area contributed by atoms with E-state index in [4.69, 9.17) is 9.47 Å². The molecular weight excluding hydrogens is 206 g/mol. The molecule has 0 aromatic heterocycles. The van der Waals surface area contributed by atoms with Crippen LogP contribution in [0.15, 0.2) is 0 Å². The van der Waals surface area contributed by atoms with Crippen molar-refractivity contribution in [2.45, 2.75) is 26.7 Å². The first kappa shape index (κ1) is 15.4. The fraction of sp³-hybridized carbons (Fsp3) is 0.917. The van der Waals surface area contributed by atoms with Gasteiger partial charge >= 0.3 is 0 Å². The minimum Gasteiger partial charge on any atom is -0.385 e. The lowest BCUT2D eigenvalue weighted by Crippen LogP contribution is -2.36. The molecule has 0 rings (SSSR count). The van der Waals surface area contributed by atoms with Crippen molar-refractivity contribution in [2.24, 2.45) is 5.92 Å². The van der Waals surface area contributed by atoms with E-state index in [9.17, 15) is 4.79 Å². The van der Waals surface area contributed by atoms with E-state index in [2.05, 4.69) is 13.8 Å². The number of methoxy groups -OCH3 is 2. The average Bonchev–Trinajstić information content (AvgIpc) is 2.23. The predicted octanol–water partition coefficient (Wildman–Crippen LogP) is 1.54. The number of rotatable bonds is 9. The summed E-state index contributed by atoms with van der Waals surface area (Å²) in [6.45, 7) is 6.95. The molecule has 0 radical (unpaired) electrons. The zero-order chi connectivity index (χ0) is 12.4. The van der Waals surface area contributed by atoms with Gasteiger partial charge in [0.25, 0.3) is 0 Å². The highest BCUT2D eigenvalue weighted by Crippen LogP contribution is 2.03. The zero-order valence-corrected chi connectivity index (χ0v) is 11.0. The van der Waals surface area contributed by atoms with Gasteiger partial charge in [-0.2, -0.15) is 0 Å². The van der Waals surface area contributed by atoms with Gasteiger partial charge < -0.3 is 14.4 Å². The molecule has 16 heavy (non-hydrogen) atoms. The van der Waals surface area contributed by atoms with E-state index in [1.54, 1.807) is 14.2 Å². The summed E-state index contributed by atoms with van der Waals surface area (Å²) in [7, 11) is 3.31. The standard InChI is InChI=1S/C12H25NO3/c1-11(2)10-13(7-9-16-4)12(14)6-5-8-15-3/h11H,5-10H2,1-4H3. The maximum Gasteiger partial charge on any atom is 0.222 e. The summed E-state index contributed by atoms with van der Waals surface area (Å²) in [6, 6.07) is 0. The lowest BCUT2D eigenvalue weighted by Gasteiger charge is -2.24. The van der Waals surface area contributed by atoms with E-state index in [-0.39, 0.29) is 5.91 Å². The van der Waals surface area contributed by atoms with Crippen molar-refractivity contribution in [1.29, 1.82) is 0 Å². The van der Waals surface area contributed by atoms with E-state index >= 15 is 0 Å². The van der Waals surface area contributed by atoms with Crippen LogP contribution in [0.3, 0.4) is 0 Å². The molecule has 4 heteroatoms. The summed E-state index contributed by atoms with van der Waals surface area (Å²) in [5.74, 6) is 0.686. The van der Waals surface area contributed by atoms with Crippen LogP contribution >= 0.6 is 0 Å². The Kier molecular flexibility index (Phi) is 9.24. The number of ether oxygens (including phenoxy) is 2. The summed E-state index contributed by atoms with van der Waals surface area (Å²) in [5, 5.41) is 0. The molecule has 0 fully saturated rings. The second kappa shape index (κ2) is 9.60. The Bertz CT molecular complexity index is 183. The molecule has 0 aliphatic heterocycles. The second-order valence-corrected chi connectivity index (χ2v) is 4.32. The van der Waals surface area contributed by atoms with Crippen molar-refractivity contribution in [3.63, 3.8) is 0 Å². The van der Waals surface area contributed by atoms with Gasteiger partial charge in [0.1, 0.15) is 0 Å². The van der Waals surface area contributed by atoms with Crippen molar-refractivity contribution in [2.75, 3.05) is 40.5 Å². The van der Waals surface area contributed by atoms with Crippen molar-refractivity contribution in [3.05, 3.63) is 0 Å². The summed E-state index contributed by atoms with van der Waals surface area (Å²) < 4.78 is 9.95. The molecule has 0 N–H and O–H groups in total. The first-order valence-electron chi connectivity index (χ1n) is 5.87. The Hall–Kier alpha value is -0.610. The van der Waals surface area contributed by atoms with E-state index in [1.165, 1.54) is 0 Å². The minimum atomic E-state index is 0.197. The van der Waals surface area contributed by atoms with Crippen molar-refractivity contribution in [1.82, 2.24) is 4.90 Å². The third-order valence-electron chi connectivity index (χ3n) is 2.24.